The molecule has 0 aromatic heterocycles. The van der Waals surface area contributed by atoms with E-state index < -0.39 is 0 Å². The number of hydrazone groups is 1. The summed E-state index contributed by atoms with van der Waals surface area (Å²) in [4.78, 5) is 0. The number of thiocarbonyl (C=S) groups is 1. The number of unbranched alkanes of at least 4 members (excludes halogenated alkanes) is 13. The monoisotopic (exact) mass is 443 g/mol. The van der Waals surface area contributed by atoms with Crippen molar-refractivity contribution in [2.75, 3.05) is 6.54 Å². The Bertz CT molecular complexity index is 610. The number of nitrogens with one attached hydrogen (secondary N) is 2. The zero-order chi connectivity index (χ0) is 22.4. The van der Waals surface area contributed by atoms with Gasteiger partial charge in [-0.1, -0.05) is 127 Å². The molecule has 1 aromatic rings. The van der Waals surface area contributed by atoms with Crippen LogP contribution < -0.4 is 10.7 Å². The van der Waals surface area contributed by atoms with E-state index in [9.17, 15) is 0 Å². The molecular formula is C27H45N3S. The number of nitrogens with zero attached hydrogens (tertiary/aromatic N) is 1. The van der Waals surface area contributed by atoms with Crippen LogP contribution in [-0.4, -0.2) is 17.9 Å². The SMILES string of the molecule is CCCCCCCCCCCCCCCCNC(=S)NN=CC(C)=Cc1ccccc1. The van der Waals surface area contributed by atoms with Gasteiger partial charge in [0.15, 0.2) is 5.11 Å². The van der Waals surface area contributed by atoms with E-state index in [1.54, 1.807) is 6.21 Å². The average molecular weight is 444 g/mol. The maximum atomic E-state index is 5.28. The van der Waals surface area contributed by atoms with E-state index in [1.807, 2.05) is 25.1 Å². The van der Waals surface area contributed by atoms with Crippen molar-refractivity contribution in [2.45, 2.75) is 104 Å². The van der Waals surface area contributed by atoms with Gasteiger partial charge in [0.2, 0.25) is 0 Å². The summed E-state index contributed by atoms with van der Waals surface area (Å²) < 4.78 is 0. The van der Waals surface area contributed by atoms with E-state index in [2.05, 4.69) is 41.0 Å². The fourth-order valence-corrected chi connectivity index (χ4v) is 3.76. The Morgan fingerprint density at radius 1 is 0.806 bits per heavy atom. The maximum Gasteiger partial charge on any atom is 0.186 e. The summed E-state index contributed by atoms with van der Waals surface area (Å²) in [5.41, 5.74) is 5.15. The van der Waals surface area contributed by atoms with Gasteiger partial charge in [0, 0.05) is 6.54 Å². The molecule has 174 valence electrons. The summed E-state index contributed by atoms with van der Waals surface area (Å²) >= 11 is 5.28. The van der Waals surface area contributed by atoms with Crippen molar-refractivity contribution >= 4 is 29.6 Å². The number of hydrogen-bond acceptors (Lipinski definition) is 2. The van der Waals surface area contributed by atoms with E-state index in [1.165, 1.54) is 89.0 Å². The van der Waals surface area contributed by atoms with Crippen molar-refractivity contribution in [1.82, 2.24) is 10.7 Å². The molecule has 0 fully saturated rings. The molecule has 0 saturated heterocycles. The van der Waals surface area contributed by atoms with E-state index in [0.717, 1.165) is 18.5 Å². The second kappa shape index (κ2) is 20.2. The third-order valence-electron chi connectivity index (χ3n) is 5.44. The van der Waals surface area contributed by atoms with E-state index in [0.29, 0.717) is 5.11 Å². The molecule has 0 saturated carbocycles. The predicted octanol–water partition coefficient (Wildman–Crippen LogP) is 8.02. The molecule has 0 aliphatic carbocycles. The van der Waals surface area contributed by atoms with Crippen molar-refractivity contribution in [3.05, 3.63) is 41.5 Å². The van der Waals surface area contributed by atoms with Gasteiger partial charge >= 0.3 is 0 Å². The highest BCUT2D eigenvalue weighted by atomic mass is 32.1. The van der Waals surface area contributed by atoms with E-state index in [4.69, 9.17) is 12.2 Å². The Kier molecular flexibility index (Phi) is 17.9. The van der Waals surface area contributed by atoms with Gasteiger partial charge in [-0.05, 0) is 36.7 Å². The number of rotatable bonds is 18. The standard InChI is InChI=1S/C27H45N3S/c1-3-4-5-6-7-8-9-10-11-12-13-14-15-19-22-28-27(31)30-29-24-25(2)23-26-20-17-16-18-21-26/h16-18,20-21,23-24H,3-15,19,22H2,1-2H3,(H2,28,30,31). The van der Waals surface area contributed by atoms with Crippen molar-refractivity contribution in [2.24, 2.45) is 5.10 Å². The Morgan fingerprint density at radius 2 is 1.32 bits per heavy atom. The van der Waals surface area contributed by atoms with Crippen LogP contribution in [0.3, 0.4) is 0 Å². The zero-order valence-electron chi connectivity index (χ0n) is 20.0. The number of benzene rings is 1. The van der Waals surface area contributed by atoms with Crippen molar-refractivity contribution in [1.29, 1.82) is 0 Å². The highest BCUT2D eigenvalue weighted by Gasteiger charge is 1.96. The van der Waals surface area contributed by atoms with Gasteiger partial charge in [-0.2, -0.15) is 5.10 Å². The molecule has 0 bridgehead atoms. The fraction of sp³-hybridized carbons (Fsp3) is 0.630. The first-order valence-corrected chi connectivity index (χ1v) is 12.9. The first-order chi connectivity index (χ1) is 15.2. The van der Waals surface area contributed by atoms with Crippen molar-refractivity contribution < 1.29 is 0 Å². The minimum absolute atomic E-state index is 0.596. The smallest absolute Gasteiger partial charge is 0.186 e. The fourth-order valence-electron chi connectivity index (χ4n) is 3.60. The summed E-state index contributed by atoms with van der Waals surface area (Å²) in [5.74, 6) is 0. The third-order valence-corrected chi connectivity index (χ3v) is 5.68. The van der Waals surface area contributed by atoms with Crippen LogP contribution >= 0.6 is 12.2 Å². The molecule has 0 aliphatic heterocycles. The maximum absolute atomic E-state index is 5.28. The number of allylic oxidation sites excluding steroid dienone is 1. The van der Waals surface area contributed by atoms with Crippen molar-refractivity contribution in [3.8, 4) is 0 Å². The lowest BCUT2D eigenvalue weighted by atomic mass is 10.0. The van der Waals surface area contributed by atoms with Crippen LogP contribution in [0.15, 0.2) is 41.0 Å². The summed E-state index contributed by atoms with van der Waals surface area (Å²) in [6, 6.07) is 10.2. The topological polar surface area (TPSA) is 36.4 Å². The molecule has 1 aromatic carbocycles. The molecule has 0 spiro atoms. The van der Waals surface area contributed by atoms with E-state index in [-0.39, 0.29) is 0 Å². The molecule has 0 aliphatic rings. The van der Waals surface area contributed by atoms with Crippen LogP contribution in [-0.2, 0) is 0 Å². The normalized spacial score (nSPS) is 11.7. The lowest BCUT2D eigenvalue weighted by Crippen LogP contribution is -2.32. The molecule has 31 heavy (non-hydrogen) atoms. The molecule has 0 unspecified atom stereocenters. The number of hydrogen-bond donors (Lipinski definition) is 2. The van der Waals surface area contributed by atoms with Crippen LogP contribution in [0.25, 0.3) is 6.08 Å². The summed E-state index contributed by atoms with van der Waals surface area (Å²) in [5, 5.41) is 8.04. The Balaban J connectivity index is 1.89. The van der Waals surface area contributed by atoms with Crippen LogP contribution in [0, 0.1) is 0 Å². The summed E-state index contributed by atoms with van der Waals surface area (Å²) in [7, 11) is 0. The van der Waals surface area contributed by atoms with Gasteiger partial charge in [-0.3, -0.25) is 5.43 Å². The molecule has 1 rings (SSSR count). The summed E-state index contributed by atoms with van der Waals surface area (Å²) in [6.45, 7) is 5.23. The predicted molar refractivity (Wildman–Crippen MR) is 143 cm³/mol. The molecular weight excluding hydrogens is 398 g/mol. The first kappa shape index (κ1) is 27.4. The van der Waals surface area contributed by atoms with Crippen LogP contribution in [0.5, 0.6) is 0 Å². The van der Waals surface area contributed by atoms with Gasteiger partial charge in [0.25, 0.3) is 0 Å². The Hall–Kier alpha value is -1.68. The lowest BCUT2D eigenvalue weighted by molar-refractivity contribution is 0.535. The largest absolute Gasteiger partial charge is 0.361 e. The Labute approximate surface area is 197 Å². The van der Waals surface area contributed by atoms with Crippen LogP contribution in [0.1, 0.15) is 109 Å². The van der Waals surface area contributed by atoms with Crippen molar-refractivity contribution in [3.63, 3.8) is 0 Å². The molecule has 4 heteroatoms. The van der Waals surface area contributed by atoms with Gasteiger partial charge in [0.1, 0.15) is 0 Å². The average Bonchev–Trinajstić information content (AvgIpc) is 2.77. The third kappa shape index (κ3) is 17.7. The van der Waals surface area contributed by atoms with Gasteiger partial charge in [-0.15, -0.1) is 0 Å². The molecule has 2 N–H and O–H groups in total. The highest BCUT2D eigenvalue weighted by molar-refractivity contribution is 7.80. The van der Waals surface area contributed by atoms with Crippen LogP contribution in [0.4, 0.5) is 0 Å². The zero-order valence-corrected chi connectivity index (χ0v) is 20.8. The first-order valence-electron chi connectivity index (χ1n) is 12.5. The van der Waals surface area contributed by atoms with E-state index >= 15 is 0 Å². The molecule has 0 radical (unpaired) electrons. The molecule has 0 atom stereocenters. The highest BCUT2D eigenvalue weighted by Crippen LogP contribution is 2.12. The minimum atomic E-state index is 0.596. The van der Waals surface area contributed by atoms with Gasteiger partial charge in [-0.25, -0.2) is 0 Å². The molecule has 3 nitrogen and oxygen atoms in total. The lowest BCUT2D eigenvalue weighted by Gasteiger charge is -2.07. The summed E-state index contributed by atoms with van der Waals surface area (Å²) in [6.07, 6.45) is 23.2. The van der Waals surface area contributed by atoms with Crippen LogP contribution in [0.2, 0.25) is 0 Å². The Morgan fingerprint density at radius 3 is 1.87 bits per heavy atom. The second-order valence-electron chi connectivity index (χ2n) is 8.52. The molecule has 0 amide bonds. The minimum Gasteiger partial charge on any atom is -0.361 e. The second-order valence-corrected chi connectivity index (χ2v) is 8.93. The van der Waals surface area contributed by atoms with Gasteiger partial charge < -0.3 is 5.32 Å². The molecule has 0 heterocycles. The van der Waals surface area contributed by atoms with Gasteiger partial charge in [0.05, 0.1) is 6.21 Å². The quantitative estimate of drug-likeness (QED) is 0.104.